The Labute approximate surface area is 163 Å². The highest BCUT2D eigenvalue weighted by Gasteiger charge is 2.14. The number of pyridine rings is 2. The molecule has 0 amide bonds. The number of hydrogen-bond donors (Lipinski definition) is 1. The zero-order valence-corrected chi connectivity index (χ0v) is 15.8. The number of carbonyl (C=O) groups excluding carboxylic acids is 2. The van der Waals surface area contributed by atoms with Gasteiger partial charge in [-0.2, -0.15) is 0 Å². The Morgan fingerprint density at radius 1 is 1.04 bits per heavy atom. The first-order valence-electron chi connectivity index (χ1n) is 8.93. The second-order valence-corrected chi connectivity index (χ2v) is 6.31. The largest absolute Gasteiger partial charge is 0.464 e. The molecular weight excluding hydrogens is 354 g/mol. The third kappa shape index (κ3) is 4.79. The van der Waals surface area contributed by atoms with Crippen molar-refractivity contribution in [2.75, 3.05) is 12.4 Å². The van der Waals surface area contributed by atoms with Crippen LogP contribution in [0.4, 0.5) is 11.5 Å². The van der Waals surface area contributed by atoms with Gasteiger partial charge in [0.15, 0.2) is 5.78 Å². The van der Waals surface area contributed by atoms with E-state index < -0.39 is 5.97 Å². The number of para-hydroxylation sites is 1. The van der Waals surface area contributed by atoms with Crippen molar-refractivity contribution in [3.8, 4) is 0 Å². The highest BCUT2D eigenvalue weighted by Crippen LogP contribution is 2.21. The standard InChI is InChI=1S/C22H21N3O3/c1-15-8-11-18(21(24-15)25-17-6-4-3-5-7-17)20(26)13-10-16-9-12-19(23-14-16)22(27)28-2/h3-9,11-12,14H,10,13H2,1-2H3,(H,24,25). The van der Waals surface area contributed by atoms with Crippen LogP contribution in [-0.4, -0.2) is 28.8 Å². The number of rotatable bonds is 7. The van der Waals surface area contributed by atoms with Gasteiger partial charge in [0, 0.05) is 24.0 Å². The van der Waals surface area contributed by atoms with Gasteiger partial charge in [-0.3, -0.25) is 4.79 Å². The maximum Gasteiger partial charge on any atom is 0.356 e. The molecule has 3 rings (SSSR count). The molecule has 2 heterocycles. The number of benzene rings is 1. The minimum Gasteiger partial charge on any atom is -0.464 e. The molecule has 0 bridgehead atoms. The van der Waals surface area contributed by atoms with Gasteiger partial charge >= 0.3 is 5.97 Å². The quantitative estimate of drug-likeness (QED) is 0.494. The number of ether oxygens (including phenoxy) is 1. The lowest BCUT2D eigenvalue weighted by Gasteiger charge is -2.11. The van der Waals surface area contributed by atoms with E-state index in [1.165, 1.54) is 7.11 Å². The summed E-state index contributed by atoms with van der Waals surface area (Å²) in [5.41, 5.74) is 3.37. The van der Waals surface area contributed by atoms with Crippen molar-refractivity contribution >= 4 is 23.3 Å². The van der Waals surface area contributed by atoms with Crippen LogP contribution >= 0.6 is 0 Å². The summed E-state index contributed by atoms with van der Waals surface area (Å²) in [4.78, 5) is 32.8. The number of methoxy groups -OCH3 is 1. The van der Waals surface area contributed by atoms with Gasteiger partial charge in [0.1, 0.15) is 11.5 Å². The van der Waals surface area contributed by atoms with Crippen molar-refractivity contribution in [1.82, 2.24) is 9.97 Å². The van der Waals surface area contributed by atoms with E-state index in [1.54, 1.807) is 24.4 Å². The second-order valence-electron chi connectivity index (χ2n) is 6.31. The summed E-state index contributed by atoms with van der Waals surface area (Å²) in [6.45, 7) is 1.89. The van der Waals surface area contributed by atoms with Gasteiger partial charge in [-0.25, -0.2) is 14.8 Å². The van der Waals surface area contributed by atoms with Crippen LogP contribution in [-0.2, 0) is 11.2 Å². The van der Waals surface area contributed by atoms with Gasteiger partial charge in [-0.1, -0.05) is 24.3 Å². The SMILES string of the molecule is COC(=O)c1ccc(CCC(=O)c2ccc(C)nc2Nc2ccccc2)cn1. The fraction of sp³-hybridized carbons (Fsp3) is 0.182. The minimum absolute atomic E-state index is 0.0111. The molecule has 0 aliphatic rings. The third-order valence-corrected chi connectivity index (χ3v) is 4.23. The highest BCUT2D eigenvalue weighted by atomic mass is 16.5. The van der Waals surface area contributed by atoms with Crippen molar-refractivity contribution in [2.45, 2.75) is 19.8 Å². The number of esters is 1. The average Bonchev–Trinajstić information content (AvgIpc) is 2.72. The molecule has 0 unspecified atom stereocenters. The molecule has 0 atom stereocenters. The first-order valence-corrected chi connectivity index (χ1v) is 8.93. The van der Waals surface area contributed by atoms with E-state index in [-0.39, 0.29) is 11.5 Å². The zero-order valence-electron chi connectivity index (χ0n) is 15.8. The molecule has 0 saturated carbocycles. The van der Waals surface area contributed by atoms with E-state index in [9.17, 15) is 9.59 Å². The molecule has 2 aromatic heterocycles. The van der Waals surface area contributed by atoms with E-state index in [1.807, 2.05) is 43.3 Å². The molecule has 142 valence electrons. The lowest BCUT2D eigenvalue weighted by molar-refractivity contribution is 0.0594. The average molecular weight is 375 g/mol. The Morgan fingerprint density at radius 3 is 2.50 bits per heavy atom. The molecule has 0 saturated heterocycles. The number of anilines is 2. The smallest absolute Gasteiger partial charge is 0.356 e. The summed E-state index contributed by atoms with van der Waals surface area (Å²) in [5, 5.41) is 3.22. The predicted molar refractivity (Wildman–Crippen MR) is 107 cm³/mol. The molecule has 0 aliphatic heterocycles. The molecule has 28 heavy (non-hydrogen) atoms. The molecule has 0 aliphatic carbocycles. The summed E-state index contributed by atoms with van der Waals surface area (Å²) >= 11 is 0. The monoisotopic (exact) mass is 375 g/mol. The Kier molecular flexibility index (Phi) is 6.11. The molecule has 3 aromatic rings. The van der Waals surface area contributed by atoms with Gasteiger partial charge < -0.3 is 10.1 Å². The van der Waals surface area contributed by atoms with Crippen LogP contribution < -0.4 is 5.32 Å². The fourth-order valence-electron chi connectivity index (χ4n) is 2.73. The second kappa shape index (κ2) is 8.90. The molecule has 1 aromatic carbocycles. The van der Waals surface area contributed by atoms with Gasteiger partial charge in [-0.15, -0.1) is 0 Å². The minimum atomic E-state index is -0.481. The highest BCUT2D eigenvalue weighted by molar-refractivity contribution is 6.01. The summed E-state index contributed by atoms with van der Waals surface area (Å²) in [5.74, 6) is 0.0586. The number of aromatic nitrogens is 2. The van der Waals surface area contributed by atoms with E-state index in [2.05, 4.69) is 20.0 Å². The van der Waals surface area contributed by atoms with Gasteiger partial charge in [0.2, 0.25) is 0 Å². The summed E-state index contributed by atoms with van der Waals surface area (Å²) in [6.07, 6.45) is 2.43. The maximum absolute atomic E-state index is 12.8. The zero-order chi connectivity index (χ0) is 19.9. The van der Waals surface area contributed by atoms with E-state index in [0.717, 1.165) is 16.9 Å². The van der Waals surface area contributed by atoms with Crippen LogP contribution in [0, 0.1) is 6.92 Å². The van der Waals surface area contributed by atoms with E-state index >= 15 is 0 Å². The fourth-order valence-corrected chi connectivity index (χ4v) is 2.73. The van der Waals surface area contributed by atoms with Gasteiger partial charge in [0.25, 0.3) is 0 Å². The van der Waals surface area contributed by atoms with Crippen molar-refractivity contribution in [3.05, 3.63) is 83.3 Å². The normalized spacial score (nSPS) is 10.4. The predicted octanol–water partition coefficient (Wildman–Crippen LogP) is 4.13. The van der Waals surface area contributed by atoms with Crippen molar-refractivity contribution in [3.63, 3.8) is 0 Å². The first kappa shape index (κ1) is 19.2. The molecule has 6 heteroatoms. The van der Waals surface area contributed by atoms with Crippen molar-refractivity contribution in [1.29, 1.82) is 0 Å². The van der Waals surface area contributed by atoms with E-state index in [0.29, 0.717) is 24.2 Å². The topological polar surface area (TPSA) is 81.2 Å². The Balaban J connectivity index is 1.71. The van der Waals surface area contributed by atoms with Crippen LogP contribution in [0.1, 0.15) is 38.5 Å². The molecular formula is C22H21N3O3. The molecule has 0 radical (unpaired) electrons. The number of nitrogens with one attached hydrogen (secondary N) is 1. The Hall–Kier alpha value is -3.54. The summed E-state index contributed by atoms with van der Waals surface area (Å²) in [7, 11) is 1.31. The number of hydrogen-bond acceptors (Lipinski definition) is 6. The van der Waals surface area contributed by atoms with Crippen LogP contribution in [0.25, 0.3) is 0 Å². The summed E-state index contributed by atoms with van der Waals surface area (Å²) in [6, 6.07) is 16.6. The number of carbonyl (C=O) groups is 2. The van der Waals surface area contributed by atoms with Gasteiger partial charge in [-0.05, 0) is 49.2 Å². The molecule has 0 fully saturated rings. The Bertz CT molecular complexity index is 970. The Morgan fingerprint density at radius 2 is 1.82 bits per heavy atom. The number of ketones is 1. The third-order valence-electron chi connectivity index (χ3n) is 4.23. The van der Waals surface area contributed by atoms with Crippen LogP contribution in [0.3, 0.4) is 0 Å². The number of Topliss-reactive ketones (excluding diaryl/α,β-unsaturated/α-hetero) is 1. The van der Waals surface area contributed by atoms with Crippen LogP contribution in [0.15, 0.2) is 60.8 Å². The van der Waals surface area contributed by atoms with Crippen LogP contribution in [0.5, 0.6) is 0 Å². The summed E-state index contributed by atoms with van der Waals surface area (Å²) < 4.78 is 4.63. The number of aryl methyl sites for hydroxylation is 2. The maximum atomic E-state index is 12.8. The molecule has 6 nitrogen and oxygen atoms in total. The number of nitrogens with zero attached hydrogens (tertiary/aromatic N) is 2. The molecule has 0 spiro atoms. The van der Waals surface area contributed by atoms with E-state index in [4.69, 9.17) is 0 Å². The van der Waals surface area contributed by atoms with Crippen LogP contribution in [0.2, 0.25) is 0 Å². The van der Waals surface area contributed by atoms with Crippen molar-refractivity contribution < 1.29 is 14.3 Å². The molecule has 1 N–H and O–H groups in total. The lowest BCUT2D eigenvalue weighted by Crippen LogP contribution is -2.08. The van der Waals surface area contributed by atoms with Gasteiger partial charge in [0.05, 0.1) is 12.7 Å². The lowest BCUT2D eigenvalue weighted by atomic mass is 10.0. The van der Waals surface area contributed by atoms with Crippen molar-refractivity contribution in [2.24, 2.45) is 0 Å². The first-order chi connectivity index (χ1) is 13.6.